The minimum atomic E-state index is -0.463. The third kappa shape index (κ3) is 4.45. The van der Waals surface area contributed by atoms with Crippen LogP contribution in [-0.2, 0) is 4.74 Å². The normalized spacial score (nSPS) is 10.1. The number of carbonyl (C=O) groups excluding carboxylic acids is 2. The number of anilines is 2. The zero-order valence-electron chi connectivity index (χ0n) is 13.4. The molecule has 1 aromatic heterocycles. The summed E-state index contributed by atoms with van der Waals surface area (Å²) in [6, 6.07) is 7.98. The molecule has 6 nitrogen and oxygen atoms in total. The minimum absolute atomic E-state index is 0.170. The smallest absolute Gasteiger partial charge is 0.337 e. The summed E-state index contributed by atoms with van der Waals surface area (Å²) in [6.07, 6.45) is 2.39. The molecule has 24 heavy (non-hydrogen) atoms. The van der Waals surface area contributed by atoms with Crippen LogP contribution in [0.15, 0.2) is 36.5 Å². The summed E-state index contributed by atoms with van der Waals surface area (Å²) >= 11 is 6.14. The molecule has 0 spiro atoms. The van der Waals surface area contributed by atoms with Crippen LogP contribution in [0, 0.1) is 0 Å². The van der Waals surface area contributed by atoms with Crippen molar-refractivity contribution in [3.8, 4) is 0 Å². The molecule has 1 amide bonds. The van der Waals surface area contributed by atoms with Gasteiger partial charge >= 0.3 is 5.97 Å². The second kappa shape index (κ2) is 8.31. The van der Waals surface area contributed by atoms with E-state index in [1.165, 1.54) is 13.3 Å². The van der Waals surface area contributed by atoms with Crippen molar-refractivity contribution in [3.63, 3.8) is 0 Å². The average molecular weight is 348 g/mol. The largest absolute Gasteiger partial charge is 0.465 e. The van der Waals surface area contributed by atoms with Crippen LogP contribution in [0.2, 0.25) is 5.02 Å². The topological polar surface area (TPSA) is 80.3 Å². The number of amides is 1. The second-order valence-electron chi connectivity index (χ2n) is 5.00. The number of nitrogens with zero attached hydrogens (tertiary/aromatic N) is 1. The maximum atomic E-state index is 12.0. The second-order valence-corrected chi connectivity index (χ2v) is 5.40. The molecule has 126 valence electrons. The number of benzene rings is 1. The van der Waals surface area contributed by atoms with E-state index in [9.17, 15) is 9.59 Å². The number of methoxy groups -OCH3 is 1. The predicted molar refractivity (Wildman–Crippen MR) is 92.9 cm³/mol. The van der Waals surface area contributed by atoms with E-state index >= 15 is 0 Å². The quantitative estimate of drug-likeness (QED) is 0.783. The van der Waals surface area contributed by atoms with Gasteiger partial charge in [-0.2, -0.15) is 0 Å². The van der Waals surface area contributed by atoms with Gasteiger partial charge in [-0.3, -0.25) is 4.79 Å². The summed E-state index contributed by atoms with van der Waals surface area (Å²) in [5, 5.41) is 6.23. The van der Waals surface area contributed by atoms with Crippen molar-refractivity contribution in [2.24, 2.45) is 0 Å². The van der Waals surface area contributed by atoms with Crippen molar-refractivity contribution in [1.82, 2.24) is 10.3 Å². The summed E-state index contributed by atoms with van der Waals surface area (Å²) in [6.45, 7) is 2.59. The van der Waals surface area contributed by atoms with E-state index < -0.39 is 5.97 Å². The Morgan fingerprint density at radius 1 is 1.21 bits per heavy atom. The lowest BCUT2D eigenvalue weighted by molar-refractivity contribution is 0.0600. The Bertz CT molecular complexity index is 750. The highest BCUT2D eigenvalue weighted by Gasteiger charge is 2.11. The van der Waals surface area contributed by atoms with Gasteiger partial charge in [-0.1, -0.05) is 18.5 Å². The molecule has 0 bridgehead atoms. The molecule has 0 atom stereocenters. The van der Waals surface area contributed by atoms with Gasteiger partial charge in [0.2, 0.25) is 0 Å². The van der Waals surface area contributed by atoms with Gasteiger partial charge in [0.05, 0.1) is 23.4 Å². The number of carbonyl (C=O) groups is 2. The van der Waals surface area contributed by atoms with Crippen LogP contribution in [0.5, 0.6) is 0 Å². The standard InChI is InChI=1S/C17H18ClN3O3/c1-3-7-20-16(22)11-6-8-19-15(10-11)21-14-9-12(17(23)24-2)4-5-13(14)18/h4-6,8-10H,3,7H2,1-2H3,(H,19,21)(H,20,22). The zero-order valence-corrected chi connectivity index (χ0v) is 14.2. The molecule has 0 radical (unpaired) electrons. The Balaban J connectivity index is 2.22. The van der Waals surface area contributed by atoms with Gasteiger partial charge in [-0.15, -0.1) is 0 Å². The predicted octanol–water partition coefficient (Wildman–Crippen LogP) is 3.41. The lowest BCUT2D eigenvalue weighted by Crippen LogP contribution is -2.24. The van der Waals surface area contributed by atoms with Crippen molar-refractivity contribution in [3.05, 3.63) is 52.7 Å². The summed E-state index contributed by atoms with van der Waals surface area (Å²) in [5.41, 5.74) is 1.35. The van der Waals surface area contributed by atoms with Crippen LogP contribution in [0.3, 0.4) is 0 Å². The first kappa shape index (κ1) is 17.7. The number of pyridine rings is 1. The van der Waals surface area contributed by atoms with Crippen LogP contribution in [0.25, 0.3) is 0 Å². The monoisotopic (exact) mass is 347 g/mol. The van der Waals surface area contributed by atoms with Gasteiger partial charge in [-0.05, 0) is 36.8 Å². The maximum absolute atomic E-state index is 12.0. The summed E-state index contributed by atoms with van der Waals surface area (Å²) in [7, 11) is 1.31. The number of hydrogen-bond donors (Lipinski definition) is 2. The van der Waals surface area contributed by atoms with Crippen LogP contribution in [-0.4, -0.2) is 30.5 Å². The molecule has 2 N–H and O–H groups in total. The average Bonchev–Trinajstić information content (AvgIpc) is 2.61. The summed E-state index contributed by atoms with van der Waals surface area (Å²) in [4.78, 5) is 27.8. The van der Waals surface area contributed by atoms with Crippen LogP contribution in [0.4, 0.5) is 11.5 Å². The minimum Gasteiger partial charge on any atom is -0.465 e. The number of halogens is 1. The Morgan fingerprint density at radius 3 is 2.71 bits per heavy atom. The number of hydrogen-bond acceptors (Lipinski definition) is 5. The van der Waals surface area contributed by atoms with Crippen molar-refractivity contribution in [2.75, 3.05) is 19.0 Å². The van der Waals surface area contributed by atoms with Crippen LogP contribution in [0.1, 0.15) is 34.1 Å². The molecule has 2 aromatic rings. The first-order valence-corrected chi connectivity index (χ1v) is 7.82. The number of rotatable bonds is 6. The van der Waals surface area contributed by atoms with E-state index in [4.69, 9.17) is 16.3 Å². The Kier molecular flexibility index (Phi) is 6.14. The third-order valence-corrected chi connectivity index (χ3v) is 3.54. The van der Waals surface area contributed by atoms with Gasteiger partial charge in [0.1, 0.15) is 5.82 Å². The highest BCUT2D eigenvalue weighted by Crippen LogP contribution is 2.26. The van der Waals surface area contributed by atoms with Gasteiger partial charge in [0, 0.05) is 18.3 Å². The molecule has 0 fully saturated rings. The van der Waals surface area contributed by atoms with E-state index in [0.717, 1.165) is 6.42 Å². The van der Waals surface area contributed by atoms with Gasteiger partial charge in [-0.25, -0.2) is 9.78 Å². The van der Waals surface area contributed by atoms with Crippen LogP contribution < -0.4 is 10.6 Å². The van der Waals surface area contributed by atoms with Crippen LogP contribution >= 0.6 is 11.6 Å². The highest BCUT2D eigenvalue weighted by molar-refractivity contribution is 6.33. The number of ether oxygens (including phenoxy) is 1. The van der Waals surface area contributed by atoms with Gasteiger partial charge in [0.15, 0.2) is 0 Å². The molecule has 1 aromatic carbocycles. The Hall–Kier alpha value is -2.60. The molecule has 0 aliphatic rings. The molecule has 0 aliphatic heterocycles. The first-order chi connectivity index (χ1) is 11.5. The number of esters is 1. The fraction of sp³-hybridized carbons (Fsp3) is 0.235. The third-order valence-electron chi connectivity index (χ3n) is 3.21. The van der Waals surface area contributed by atoms with Crippen molar-refractivity contribution in [1.29, 1.82) is 0 Å². The van der Waals surface area contributed by atoms with Gasteiger partial charge < -0.3 is 15.4 Å². The molecule has 0 saturated carbocycles. The number of nitrogens with one attached hydrogen (secondary N) is 2. The molecule has 0 unspecified atom stereocenters. The van der Waals surface area contributed by atoms with E-state index in [1.54, 1.807) is 30.3 Å². The molecule has 1 heterocycles. The Labute approximate surface area is 145 Å². The SMILES string of the molecule is CCCNC(=O)c1ccnc(Nc2cc(C(=O)OC)ccc2Cl)c1. The molecule has 2 rings (SSSR count). The zero-order chi connectivity index (χ0) is 17.5. The van der Waals surface area contributed by atoms with Crippen molar-refractivity contribution in [2.45, 2.75) is 13.3 Å². The first-order valence-electron chi connectivity index (χ1n) is 7.44. The maximum Gasteiger partial charge on any atom is 0.337 e. The fourth-order valence-corrected chi connectivity index (χ4v) is 2.15. The Morgan fingerprint density at radius 2 is 2.00 bits per heavy atom. The lowest BCUT2D eigenvalue weighted by atomic mass is 10.2. The molecular formula is C17H18ClN3O3. The van der Waals surface area contributed by atoms with Gasteiger partial charge in [0.25, 0.3) is 5.91 Å². The molecule has 7 heteroatoms. The number of aromatic nitrogens is 1. The van der Waals surface area contributed by atoms with E-state index in [0.29, 0.717) is 34.2 Å². The summed E-state index contributed by atoms with van der Waals surface area (Å²) in [5.74, 6) is -0.185. The molecular weight excluding hydrogens is 330 g/mol. The summed E-state index contributed by atoms with van der Waals surface area (Å²) < 4.78 is 4.69. The van der Waals surface area contributed by atoms with E-state index in [-0.39, 0.29) is 5.91 Å². The highest BCUT2D eigenvalue weighted by atomic mass is 35.5. The lowest BCUT2D eigenvalue weighted by Gasteiger charge is -2.10. The van der Waals surface area contributed by atoms with E-state index in [1.807, 2.05) is 6.92 Å². The fourth-order valence-electron chi connectivity index (χ4n) is 1.98. The van der Waals surface area contributed by atoms with Crippen molar-refractivity contribution < 1.29 is 14.3 Å². The molecule has 0 saturated heterocycles. The van der Waals surface area contributed by atoms with E-state index in [2.05, 4.69) is 15.6 Å². The molecule has 0 aliphatic carbocycles. The van der Waals surface area contributed by atoms with Crippen molar-refractivity contribution >= 4 is 35.0 Å².